The van der Waals surface area contributed by atoms with Crippen molar-refractivity contribution >= 4 is 27.5 Å². The molecule has 0 saturated carbocycles. The Kier molecular flexibility index (Phi) is 6.82. The van der Waals surface area contributed by atoms with Crippen LogP contribution < -0.4 is 5.32 Å². The minimum atomic E-state index is 0.469. The quantitative estimate of drug-likeness (QED) is 0.768. The molecule has 0 amide bonds. The third kappa shape index (κ3) is 5.03. The second kappa shape index (κ2) is 8.38. The zero-order valence-electron chi connectivity index (χ0n) is 12.0. The molecule has 1 heterocycles. The van der Waals surface area contributed by atoms with Gasteiger partial charge in [-0.15, -0.1) is 0 Å². The van der Waals surface area contributed by atoms with Crippen molar-refractivity contribution in [3.8, 4) is 0 Å². The van der Waals surface area contributed by atoms with E-state index >= 15 is 0 Å². The molecule has 1 aromatic carbocycles. The molecule has 0 aliphatic carbocycles. The van der Waals surface area contributed by atoms with Crippen LogP contribution in [0.5, 0.6) is 0 Å². The molecule has 0 spiro atoms. The molecular formula is C16H23BrClNO. The van der Waals surface area contributed by atoms with Gasteiger partial charge >= 0.3 is 0 Å². The van der Waals surface area contributed by atoms with Gasteiger partial charge in [-0.05, 0) is 56.3 Å². The van der Waals surface area contributed by atoms with E-state index < -0.39 is 0 Å². The predicted octanol–water partition coefficient (Wildman–Crippen LogP) is 4.58. The third-order valence-electron chi connectivity index (χ3n) is 3.84. The van der Waals surface area contributed by atoms with Gasteiger partial charge in [-0.25, -0.2) is 0 Å². The van der Waals surface area contributed by atoms with Gasteiger partial charge in [0.05, 0.1) is 6.10 Å². The van der Waals surface area contributed by atoms with E-state index in [2.05, 4.69) is 40.3 Å². The van der Waals surface area contributed by atoms with E-state index in [-0.39, 0.29) is 0 Å². The van der Waals surface area contributed by atoms with Gasteiger partial charge in [0.2, 0.25) is 0 Å². The Bertz CT molecular complexity index is 421. The molecule has 1 aromatic rings. The number of halogens is 2. The Hall–Kier alpha value is -0.0900. The van der Waals surface area contributed by atoms with Crippen molar-refractivity contribution in [2.75, 3.05) is 13.2 Å². The smallest absolute Gasteiger partial charge is 0.0576 e. The first-order valence-electron chi connectivity index (χ1n) is 7.48. The summed E-state index contributed by atoms with van der Waals surface area (Å²) in [6, 6.07) is 6.62. The van der Waals surface area contributed by atoms with Crippen molar-refractivity contribution in [1.82, 2.24) is 5.32 Å². The zero-order valence-corrected chi connectivity index (χ0v) is 14.3. The number of rotatable bonds is 7. The fourth-order valence-electron chi connectivity index (χ4n) is 2.78. The largest absolute Gasteiger partial charge is 0.378 e. The average molecular weight is 361 g/mol. The SMILES string of the molecule is CCNC(CCC1CCCO1)Cc1ccc(Br)cc1Cl. The molecule has 1 aliphatic heterocycles. The van der Waals surface area contributed by atoms with Crippen molar-refractivity contribution in [1.29, 1.82) is 0 Å². The van der Waals surface area contributed by atoms with Crippen LogP contribution in [0, 0.1) is 0 Å². The van der Waals surface area contributed by atoms with E-state index in [1.807, 2.05) is 6.07 Å². The predicted molar refractivity (Wildman–Crippen MR) is 88.5 cm³/mol. The normalized spacial score (nSPS) is 20.2. The van der Waals surface area contributed by atoms with Crippen LogP contribution in [-0.4, -0.2) is 25.3 Å². The standard InChI is InChI=1S/C16H23BrClNO/c1-2-19-14(7-8-15-4-3-9-20-15)10-12-5-6-13(17)11-16(12)18/h5-6,11,14-15,19H,2-4,7-10H2,1H3. The minimum Gasteiger partial charge on any atom is -0.378 e. The number of likely N-dealkylation sites (N-methyl/N-ethyl adjacent to an activating group) is 1. The van der Waals surface area contributed by atoms with Crippen molar-refractivity contribution < 1.29 is 4.74 Å². The van der Waals surface area contributed by atoms with Crippen LogP contribution in [0.2, 0.25) is 5.02 Å². The van der Waals surface area contributed by atoms with Crippen LogP contribution in [0.4, 0.5) is 0 Å². The number of hydrogen-bond donors (Lipinski definition) is 1. The molecule has 0 aromatic heterocycles. The Labute approximate surface area is 135 Å². The summed E-state index contributed by atoms with van der Waals surface area (Å²) in [5, 5.41) is 4.42. The molecular weight excluding hydrogens is 338 g/mol. The number of benzene rings is 1. The third-order valence-corrected chi connectivity index (χ3v) is 4.68. The molecule has 1 fully saturated rings. The Morgan fingerprint density at radius 1 is 1.50 bits per heavy atom. The Morgan fingerprint density at radius 3 is 3.00 bits per heavy atom. The van der Waals surface area contributed by atoms with Crippen LogP contribution in [-0.2, 0) is 11.2 Å². The zero-order chi connectivity index (χ0) is 14.4. The summed E-state index contributed by atoms with van der Waals surface area (Å²) in [5.74, 6) is 0. The number of hydrogen-bond acceptors (Lipinski definition) is 2. The highest BCUT2D eigenvalue weighted by atomic mass is 79.9. The molecule has 4 heteroatoms. The summed E-state index contributed by atoms with van der Waals surface area (Å²) in [7, 11) is 0. The molecule has 0 bridgehead atoms. The molecule has 2 unspecified atom stereocenters. The van der Waals surface area contributed by atoms with Crippen molar-refractivity contribution in [2.45, 2.75) is 51.2 Å². The highest BCUT2D eigenvalue weighted by Crippen LogP contribution is 2.24. The highest BCUT2D eigenvalue weighted by Gasteiger charge is 2.18. The van der Waals surface area contributed by atoms with Crippen molar-refractivity contribution in [2.24, 2.45) is 0 Å². The topological polar surface area (TPSA) is 21.3 Å². The maximum absolute atomic E-state index is 6.32. The summed E-state index contributed by atoms with van der Waals surface area (Å²) >= 11 is 9.77. The van der Waals surface area contributed by atoms with Gasteiger partial charge in [-0.2, -0.15) is 0 Å². The van der Waals surface area contributed by atoms with Gasteiger partial charge in [-0.1, -0.05) is 40.5 Å². The van der Waals surface area contributed by atoms with Gasteiger partial charge in [0, 0.05) is 22.1 Å². The monoisotopic (exact) mass is 359 g/mol. The summed E-state index contributed by atoms with van der Waals surface area (Å²) in [6.07, 6.45) is 6.17. The van der Waals surface area contributed by atoms with E-state index in [0.717, 1.165) is 41.9 Å². The van der Waals surface area contributed by atoms with E-state index in [4.69, 9.17) is 16.3 Å². The Balaban J connectivity index is 1.90. The summed E-state index contributed by atoms with van der Waals surface area (Å²) in [5.41, 5.74) is 1.22. The first-order chi connectivity index (χ1) is 9.69. The maximum atomic E-state index is 6.32. The molecule has 2 nitrogen and oxygen atoms in total. The van der Waals surface area contributed by atoms with Gasteiger partial charge in [0.25, 0.3) is 0 Å². The van der Waals surface area contributed by atoms with Crippen LogP contribution in [0.15, 0.2) is 22.7 Å². The number of ether oxygens (including phenoxy) is 1. The lowest BCUT2D eigenvalue weighted by molar-refractivity contribution is 0.0996. The summed E-state index contributed by atoms with van der Waals surface area (Å²) in [6.45, 7) is 4.08. The van der Waals surface area contributed by atoms with Crippen molar-refractivity contribution in [3.05, 3.63) is 33.3 Å². The lowest BCUT2D eigenvalue weighted by Crippen LogP contribution is -2.32. The summed E-state index contributed by atoms with van der Waals surface area (Å²) in [4.78, 5) is 0. The number of nitrogens with one attached hydrogen (secondary N) is 1. The second-order valence-electron chi connectivity index (χ2n) is 5.41. The van der Waals surface area contributed by atoms with E-state index in [1.54, 1.807) is 0 Å². The first kappa shape index (κ1) is 16.3. The Morgan fingerprint density at radius 2 is 2.35 bits per heavy atom. The highest BCUT2D eigenvalue weighted by molar-refractivity contribution is 9.10. The molecule has 0 radical (unpaired) electrons. The maximum Gasteiger partial charge on any atom is 0.0576 e. The molecule has 1 saturated heterocycles. The fraction of sp³-hybridized carbons (Fsp3) is 0.625. The second-order valence-corrected chi connectivity index (χ2v) is 6.73. The van der Waals surface area contributed by atoms with E-state index in [9.17, 15) is 0 Å². The first-order valence-corrected chi connectivity index (χ1v) is 8.65. The lowest BCUT2D eigenvalue weighted by Gasteiger charge is -2.20. The lowest BCUT2D eigenvalue weighted by atomic mass is 9.99. The van der Waals surface area contributed by atoms with E-state index in [1.165, 1.54) is 18.4 Å². The minimum absolute atomic E-state index is 0.469. The molecule has 2 rings (SSSR count). The van der Waals surface area contributed by atoms with Crippen LogP contribution in [0.1, 0.15) is 38.2 Å². The molecule has 20 heavy (non-hydrogen) atoms. The molecule has 1 N–H and O–H groups in total. The van der Waals surface area contributed by atoms with Crippen LogP contribution in [0.25, 0.3) is 0 Å². The molecule has 2 atom stereocenters. The average Bonchev–Trinajstić information content (AvgIpc) is 2.92. The summed E-state index contributed by atoms with van der Waals surface area (Å²) < 4.78 is 6.74. The molecule has 1 aliphatic rings. The molecule has 112 valence electrons. The van der Waals surface area contributed by atoms with Crippen LogP contribution in [0.3, 0.4) is 0 Å². The van der Waals surface area contributed by atoms with Crippen LogP contribution >= 0.6 is 27.5 Å². The van der Waals surface area contributed by atoms with Gasteiger partial charge < -0.3 is 10.1 Å². The van der Waals surface area contributed by atoms with Gasteiger partial charge in [-0.3, -0.25) is 0 Å². The van der Waals surface area contributed by atoms with Gasteiger partial charge in [0.1, 0.15) is 0 Å². The van der Waals surface area contributed by atoms with E-state index in [0.29, 0.717) is 12.1 Å². The fourth-order valence-corrected chi connectivity index (χ4v) is 3.53. The van der Waals surface area contributed by atoms with Gasteiger partial charge in [0.15, 0.2) is 0 Å². The van der Waals surface area contributed by atoms with Crippen molar-refractivity contribution in [3.63, 3.8) is 0 Å².